The molecular weight excluding hydrogens is 691 g/mol. The highest BCUT2D eigenvalue weighted by atomic mass is 15.0. The molecule has 3 heteroatoms. The smallest absolute Gasteiger partial charge is 0.0562 e. The lowest BCUT2D eigenvalue weighted by Crippen LogP contribution is -1.99. The van der Waals surface area contributed by atoms with Crippen molar-refractivity contribution in [2.75, 3.05) is 0 Å². The Kier molecular flexibility index (Phi) is 6.93. The molecule has 12 rings (SSSR count). The lowest BCUT2D eigenvalue weighted by Gasteiger charge is -2.17. The maximum atomic E-state index is 2.47. The fraction of sp³-hybridized carbons (Fsp3) is 0. The highest BCUT2D eigenvalue weighted by molar-refractivity contribution is 6.14. The number of hydrogen-bond acceptors (Lipinski definition) is 0. The van der Waals surface area contributed by atoms with Gasteiger partial charge in [0.25, 0.3) is 0 Å². The second kappa shape index (κ2) is 12.5. The number of fused-ring (bicyclic) bond motifs is 9. The molecule has 0 aliphatic carbocycles. The van der Waals surface area contributed by atoms with E-state index in [4.69, 9.17) is 0 Å². The van der Waals surface area contributed by atoms with Crippen LogP contribution in [0.1, 0.15) is 0 Å². The summed E-state index contributed by atoms with van der Waals surface area (Å²) in [5, 5.41) is 7.49. The highest BCUT2D eigenvalue weighted by Gasteiger charge is 2.21. The van der Waals surface area contributed by atoms with E-state index in [1.807, 2.05) is 0 Å². The zero-order chi connectivity index (χ0) is 37.5. The Balaban J connectivity index is 1.08. The average molecular weight is 726 g/mol. The highest BCUT2D eigenvalue weighted by Crippen LogP contribution is 2.42. The van der Waals surface area contributed by atoms with Gasteiger partial charge in [-0.2, -0.15) is 0 Å². The van der Waals surface area contributed by atoms with Crippen molar-refractivity contribution in [2.24, 2.45) is 0 Å². The molecule has 0 saturated heterocycles. The first-order valence-corrected chi connectivity index (χ1v) is 19.6. The van der Waals surface area contributed by atoms with Crippen molar-refractivity contribution in [3.05, 3.63) is 212 Å². The van der Waals surface area contributed by atoms with Gasteiger partial charge < -0.3 is 13.7 Å². The van der Waals surface area contributed by atoms with Crippen molar-refractivity contribution in [3.63, 3.8) is 0 Å². The Labute approximate surface area is 329 Å². The Morgan fingerprint density at radius 3 is 1.16 bits per heavy atom. The monoisotopic (exact) mass is 725 g/mol. The van der Waals surface area contributed by atoms with Gasteiger partial charge in [0.1, 0.15) is 0 Å². The molecule has 266 valence electrons. The summed E-state index contributed by atoms with van der Waals surface area (Å²) in [6.07, 6.45) is 0. The van der Waals surface area contributed by atoms with E-state index in [-0.39, 0.29) is 0 Å². The van der Waals surface area contributed by atoms with Gasteiger partial charge in [-0.3, -0.25) is 0 Å². The van der Waals surface area contributed by atoms with E-state index < -0.39 is 0 Å². The van der Waals surface area contributed by atoms with E-state index in [0.717, 1.165) is 11.4 Å². The number of hydrogen-bond donors (Lipinski definition) is 0. The van der Waals surface area contributed by atoms with Crippen molar-refractivity contribution in [1.82, 2.24) is 13.7 Å². The van der Waals surface area contributed by atoms with Crippen LogP contribution in [0.4, 0.5) is 0 Å². The van der Waals surface area contributed by atoms with Crippen molar-refractivity contribution >= 4 is 65.4 Å². The van der Waals surface area contributed by atoms with Crippen LogP contribution in [-0.2, 0) is 0 Å². The summed E-state index contributed by atoms with van der Waals surface area (Å²) in [6.45, 7) is 0. The summed E-state index contributed by atoms with van der Waals surface area (Å²) in [5.41, 5.74) is 15.4. The van der Waals surface area contributed by atoms with Crippen molar-refractivity contribution < 1.29 is 0 Å². The van der Waals surface area contributed by atoms with Crippen LogP contribution in [0.3, 0.4) is 0 Å². The zero-order valence-corrected chi connectivity index (χ0v) is 31.0. The minimum Gasteiger partial charge on any atom is -0.309 e. The van der Waals surface area contributed by atoms with Crippen LogP contribution >= 0.6 is 0 Å². The molecule has 3 nitrogen and oxygen atoms in total. The maximum Gasteiger partial charge on any atom is 0.0562 e. The number of benzene rings is 9. The zero-order valence-electron chi connectivity index (χ0n) is 31.0. The van der Waals surface area contributed by atoms with Crippen LogP contribution in [0.5, 0.6) is 0 Å². The van der Waals surface area contributed by atoms with Crippen molar-refractivity contribution in [3.8, 4) is 39.3 Å². The standard InChI is InChI=1S/C54H35N3/c1-3-15-39(16-4-1)55-48-23-11-9-21-43(48)46-33-38(31-32-52(46)55)36-27-29-37(30-28-36)45-34-47-44-22-10-12-24-49(44)56(40-17-5-2-6-18-40)54(47)35-53(45)57-50-25-13-7-19-41(50)42-20-8-14-26-51(42)57/h1-35H. The molecule has 0 radical (unpaired) electrons. The molecule has 0 saturated carbocycles. The predicted molar refractivity (Wildman–Crippen MR) is 240 cm³/mol. The van der Waals surface area contributed by atoms with Crippen LogP contribution in [0, 0.1) is 0 Å². The molecule has 0 bridgehead atoms. The van der Waals surface area contributed by atoms with E-state index >= 15 is 0 Å². The Hall–Kier alpha value is -7.62. The van der Waals surface area contributed by atoms with Crippen LogP contribution in [0.25, 0.3) is 105 Å². The fourth-order valence-electron chi connectivity index (χ4n) is 9.31. The molecule has 3 heterocycles. The molecule has 0 atom stereocenters. The minimum atomic E-state index is 1.15. The Morgan fingerprint density at radius 2 is 0.614 bits per heavy atom. The van der Waals surface area contributed by atoms with E-state index in [2.05, 4.69) is 226 Å². The first-order chi connectivity index (χ1) is 28.3. The van der Waals surface area contributed by atoms with E-state index in [0.29, 0.717) is 0 Å². The third-order valence-electron chi connectivity index (χ3n) is 11.8. The quantitative estimate of drug-likeness (QED) is 0.168. The van der Waals surface area contributed by atoms with Gasteiger partial charge in [0.15, 0.2) is 0 Å². The SMILES string of the molecule is c1ccc(-n2c3ccccc3c3cc(-c4ccc(-c5cc6c7ccccc7n(-c7ccccc7)c6cc5-n5c6ccccc6c6ccccc65)cc4)ccc32)cc1. The fourth-order valence-corrected chi connectivity index (χ4v) is 9.31. The first kappa shape index (κ1) is 31.7. The first-order valence-electron chi connectivity index (χ1n) is 19.6. The molecule has 0 spiro atoms. The summed E-state index contributed by atoms with van der Waals surface area (Å²) in [5.74, 6) is 0. The molecule has 9 aromatic carbocycles. The van der Waals surface area contributed by atoms with Gasteiger partial charge >= 0.3 is 0 Å². The van der Waals surface area contributed by atoms with Crippen LogP contribution in [0.15, 0.2) is 212 Å². The summed E-state index contributed by atoms with van der Waals surface area (Å²) in [6, 6.07) is 77.5. The number of aromatic nitrogens is 3. The molecule has 0 fully saturated rings. The van der Waals surface area contributed by atoms with Gasteiger partial charge in [-0.05, 0) is 89.5 Å². The summed E-state index contributed by atoms with van der Waals surface area (Å²) >= 11 is 0. The second-order valence-electron chi connectivity index (χ2n) is 14.9. The second-order valence-corrected chi connectivity index (χ2v) is 14.9. The van der Waals surface area contributed by atoms with Crippen molar-refractivity contribution in [2.45, 2.75) is 0 Å². The minimum absolute atomic E-state index is 1.15. The molecule has 0 N–H and O–H groups in total. The predicted octanol–water partition coefficient (Wildman–Crippen LogP) is 14.3. The number of rotatable bonds is 5. The molecule has 0 amide bonds. The summed E-state index contributed by atoms with van der Waals surface area (Å²) in [7, 11) is 0. The van der Waals surface area contributed by atoms with E-state index in [1.165, 1.54) is 93.4 Å². The van der Waals surface area contributed by atoms with Crippen molar-refractivity contribution in [1.29, 1.82) is 0 Å². The molecule has 3 aromatic heterocycles. The Morgan fingerprint density at radius 1 is 0.228 bits per heavy atom. The normalized spacial score (nSPS) is 11.9. The van der Waals surface area contributed by atoms with Crippen LogP contribution in [-0.4, -0.2) is 13.7 Å². The number of nitrogens with zero attached hydrogens (tertiary/aromatic N) is 3. The maximum absolute atomic E-state index is 2.47. The lowest BCUT2D eigenvalue weighted by atomic mass is 9.96. The van der Waals surface area contributed by atoms with Gasteiger partial charge in [-0.1, -0.05) is 140 Å². The van der Waals surface area contributed by atoms with Gasteiger partial charge in [-0.25, -0.2) is 0 Å². The van der Waals surface area contributed by atoms with Gasteiger partial charge in [-0.15, -0.1) is 0 Å². The average Bonchev–Trinajstić information content (AvgIpc) is 3.92. The molecule has 0 unspecified atom stereocenters. The summed E-state index contributed by atoms with van der Waals surface area (Å²) in [4.78, 5) is 0. The van der Waals surface area contributed by atoms with Crippen LogP contribution in [0.2, 0.25) is 0 Å². The third kappa shape index (κ3) is 4.79. The van der Waals surface area contributed by atoms with Gasteiger partial charge in [0, 0.05) is 49.3 Å². The molecule has 0 aliphatic heterocycles. The van der Waals surface area contributed by atoms with Crippen LogP contribution < -0.4 is 0 Å². The topological polar surface area (TPSA) is 14.8 Å². The molecule has 12 aromatic rings. The van der Waals surface area contributed by atoms with E-state index in [9.17, 15) is 0 Å². The van der Waals surface area contributed by atoms with Gasteiger partial charge in [0.2, 0.25) is 0 Å². The van der Waals surface area contributed by atoms with E-state index in [1.54, 1.807) is 0 Å². The largest absolute Gasteiger partial charge is 0.309 e. The molecule has 0 aliphatic rings. The third-order valence-corrected chi connectivity index (χ3v) is 11.8. The number of para-hydroxylation sites is 6. The Bertz CT molecular complexity index is 3440. The molecule has 57 heavy (non-hydrogen) atoms. The van der Waals surface area contributed by atoms with Gasteiger partial charge in [0.05, 0.1) is 38.8 Å². The lowest BCUT2D eigenvalue weighted by molar-refractivity contribution is 1.16. The summed E-state index contributed by atoms with van der Waals surface area (Å²) < 4.78 is 7.26. The molecular formula is C54H35N3.